The lowest BCUT2D eigenvalue weighted by Gasteiger charge is -2.34. The molecule has 3 rings (SSSR count). The van der Waals surface area contributed by atoms with Crippen LogP contribution in [0.15, 0.2) is 22.1 Å². The van der Waals surface area contributed by atoms with Gasteiger partial charge in [0.25, 0.3) is 10.0 Å². The molecule has 2 atom stereocenters. The van der Waals surface area contributed by atoms with Crippen LogP contribution in [0.1, 0.15) is 116 Å². The van der Waals surface area contributed by atoms with E-state index in [-0.39, 0.29) is 22.7 Å². The van der Waals surface area contributed by atoms with Gasteiger partial charge in [-0.25, -0.2) is 4.83 Å². The summed E-state index contributed by atoms with van der Waals surface area (Å²) < 4.78 is 27.1. The maximum Gasteiger partial charge on any atom is 0.277 e. The van der Waals surface area contributed by atoms with Gasteiger partial charge in [0, 0.05) is 11.1 Å². The van der Waals surface area contributed by atoms with Crippen molar-refractivity contribution in [3.63, 3.8) is 0 Å². The van der Waals surface area contributed by atoms with E-state index in [1.807, 2.05) is 0 Å². The molecule has 2 bridgehead atoms. The highest BCUT2D eigenvalue weighted by atomic mass is 32.2. The Hall–Kier alpha value is -1.36. The van der Waals surface area contributed by atoms with Crippen LogP contribution in [0, 0.1) is 16.7 Å². The summed E-state index contributed by atoms with van der Waals surface area (Å²) >= 11 is 0. The van der Waals surface area contributed by atoms with E-state index in [4.69, 9.17) is 0 Å². The summed E-state index contributed by atoms with van der Waals surface area (Å²) in [6, 6.07) is 4.15. The highest BCUT2D eigenvalue weighted by Crippen LogP contribution is 2.63. The largest absolute Gasteiger partial charge is 0.277 e. The quantitative estimate of drug-likeness (QED) is 0.519. The van der Waals surface area contributed by atoms with Crippen LogP contribution < -0.4 is 4.83 Å². The first-order chi connectivity index (χ1) is 13.7. The number of nitrogens with one attached hydrogen (secondary N) is 1. The first kappa shape index (κ1) is 23.3. The molecule has 5 heteroatoms. The Kier molecular flexibility index (Phi) is 5.94. The molecular weight excluding hydrogens is 392 g/mol. The van der Waals surface area contributed by atoms with Crippen LogP contribution in [0.5, 0.6) is 0 Å². The van der Waals surface area contributed by atoms with E-state index in [9.17, 15) is 8.42 Å². The van der Waals surface area contributed by atoms with Gasteiger partial charge in [-0.2, -0.15) is 13.5 Å². The number of hydrogen-bond acceptors (Lipinski definition) is 3. The van der Waals surface area contributed by atoms with Gasteiger partial charge in [0.15, 0.2) is 0 Å². The Balaban J connectivity index is 2.07. The van der Waals surface area contributed by atoms with Crippen LogP contribution in [0.4, 0.5) is 0 Å². The van der Waals surface area contributed by atoms with E-state index in [1.165, 1.54) is 12.0 Å². The number of sulfonamides is 1. The van der Waals surface area contributed by atoms with Crippen LogP contribution in [-0.4, -0.2) is 14.1 Å². The molecule has 2 saturated carbocycles. The molecule has 2 fully saturated rings. The first-order valence-corrected chi connectivity index (χ1v) is 13.0. The zero-order valence-electron chi connectivity index (χ0n) is 20.3. The Morgan fingerprint density at radius 1 is 0.967 bits per heavy atom. The van der Waals surface area contributed by atoms with Gasteiger partial charge in [-0.15, -0.1) is 0 Å². The second-order valence-corrected chi connectivity index (χ2v) is 12.7. The Bertz CT molecular complexity index is 928. The average molecular weight is 433 g/mol. The van der Waals surface area contributed by atoms with Crippen LogP contribution in [0.2, 0.25) is 0 Å². The molecule has 0 spiro atoms. The number of benzene rings is 1. The van der Waals surface area contributed by atoms with Crippen molar-refractivity contribution < 1.29 is 8.42 Å². The molecule has 4 nitrogen and oxygen atoms in total. The summed E-state index contributed by atoms with van der Waals surface area (Å²) in [5.74, 6) is 1.16. The predicted octanol–water partition coefficient (Wildman–Crippen LogP) is 6.54. The highest BCUT2D eigenvalue weighted by molar-refractivity contribution is 7.89. The maximum absolute atomic E-state index is 13.6. The van der Waals surface area contributed by atoms with Crippen molar-refractivity contribution in [2.75, 3.05) is 0 Å². The molecule has 0 aromatic heterocycles. The van der Waals surface area contributed by atoms with Crippen LogP contribution >= 0.6 is 0 Å². The molecule has 0 aliphatic heterocycles. The van der Waals surface area contributed by atoms with Crippen molar-refractivity contribution in [1.82, 2.24) is 4.83 Å². The third-order valence-electron chi connectivity index (χ3n) is 8.16. The lowest BCUT2D eigenvalue weighted by molar-refractivity contribution is 0.193. The Morgan fingerprint density at radius 2 is 1.50 bits per heavy atom. The van der Waals surface area contributed by atoms with Gasteiger partial charge in [0.1, 0.15) is 0 Å². The third kappa shape index (κ3) is 3.61. The van der Waals surface area contributed by atoms with Gasteiger partial charge < -0.3 is 0 Å². The lowest BCUT2D eigenvalue weighted by Crippen LogP contribution is -2.34. The molecule has 0 radical (unpaired) electrons. The van der Waals surface area contributed by atoms with E-state index < -0.39 is 10.0 Å². The summed E-state index contributed by atoms with van der Waals surface area (Å²) in [7, 11) is -3.76. The monoisotopic (exact) mass is 432 g/mol. The molecular formula is C25H40N2O2S. The second kappa shape index (κ2) is 7.65. The molecule has 0 amide bonds. The third-order valence-corrected chi connectivity index (χ3v) is 9.50. The summed E-state index contributed by atoms with van der Waals surface area (Å²) in [5.41, 5.74) is 4.12. The van der Waals surface area contributed by atoms with Crippen molar-refractivity contribution in [2.24, 2.45) is 21.8 Å². The van der Waals surface area contributed by atoms with E-state index >= 15 is 0 Å². The molecule has 0 heterocycles. The van der Waals surface area contributed by atoms with Crippen molar-refractivity contribution in [2.45, 2.75) is 104 Å². The summed E-state index contributed by atoms with van der Waals surface area (Å²) in [4.78, 5) is 3.09. The molecule has 168 valence electrons. The minimum atomic E-state index is -3.76. The predicted molar refractivity (Wildman–Crippen MR) is 126 cm³/mol. The van der Waals surface area contributed by atoms with E-state index in [1.54, 1.807) is 0 Å². The van der Waals surface area contributed by atoms with E-state index in [0.29, 0.717) is 16.7 Å². The van der Waals surface area contributed by atoms with Crippen molar-refractivity contribution in [3.8, 4) is 0 Å². The number of nitrogens with zero attached hydrogens (tertiary/aromatic N) is 1. The maximum atomic E-state index is 13.6. The van der Waals surface area contributed by atoms with Crippen LogP contribution in [0.25, 0.3) is 0 Å². The fraction of sp³-hybridized carbons (Fsp3) is 0.720. The zero-order valence-corrected chi connectivity index (χ0v) is 21.1. The molecule has 1 aromatic rings. The fourth-order valence-electron chi connectivity index (χ4n) is 5.46. The molecule has 2 aliphatic rings. The van der Waals surface area contributed by atoms with E-state index in [0.717, 1.165) is 29.7 Å². The SMILES string of the molecule is CC(C)c1cc(C(C)C)c(S(=O)(=O)N/N=C2/CC3CCC2(C)C3(C)C)c(C(C)C)c1. The molecule has 2 aliphatic carbocycles. The van der Waals surface area contributed by atoms with Crippen molar-refractivity contribution in [1.29, 1.82) is 0 Å². The average Bonchev–Trinajstić information content (AvgIpc) is 2.98. The van der Waals surface area contributed by atoms with Gasteiger partial charge in [-0.3, -0.25) is 0 Å². The smallest absolute Gasteiger partial charge is 0.200 e. The van der Waals surface area contributed by atoms with Crippen LogP contribution in [-0.2, 0) is 10.0 Å². The summed E-state index contributed by atoms with van der Waals surface area (Å²) in [6.07, 6.45) is 3.19. The van der Waals surface area contributed by atoms with Gasteiger partial charge in [-0.05, 0) is 65.0 Å². The molecule has 1 aromatic carbocycles. The minimum Gasteiger partial charge on any atom is -0.200 e. The van der Waals surface area contributed by atoms with Gasteiger partial charge in [-0.1, -0.05) is 74.4 Å². The topological polar surface area (TPSA) is 58.5 Å². The van der Waals surface area contributed by atoms with E-state index in [2.05, 4.69) is 84.4 Å². The van der Waals surface area contributed by atoms with Gasteiger partial charge in [0.05, 0.1) is 4.90 Å². The lowest BCUT2D eigenvalue weighted by atomic mass is 9.70. The first-order valence-electron chi connectivity index (χ1n) is 11.5. The molecule has 1 N–H and O–H groups in total. The van der Waals surface area contributed by atoms with Crippen LogP contribution in [0.3, 0.4) is 0 Å². The zero-order chi connectivity index (χ0) is 22.6. The molecule has 0 saturated heterocycles. The van der Waals surface area contributed by atoms with Gasteiger partial charge in [0.2, 0.25) is 0 Å². The van der Waals surface area contributed by atoms with Crippen molar-refractivity contribution in [3.05, 3.63) is 28.8 Å². The molecule has 2 unspecified atom stereocenters. The number of fused-ring (bicyclic) bond motifs is 2. The molecule has 30 heavy (non-hydrogen) atoms. The van der Waals surface area contributed by atoms with Gasteiger partial charge >= 0.3 is 0 Å². The summed E-state index contributed by atoms with van der Waals surface area (Å²) in [6.45, 7) is 19.4. The number of rotatable bonds is 6. The fourth-order valence-corrected chi connectivity index (χ4v) is 6.99. The number of hydrazone groups is 1. The van der Waals surface area contributed by atoms with Crippen molar-refractivity contribution >= 4 is 15.7 Å². The second-order valence-electron chi connectivity index (χ2n) is 11.1. The Labute approximate surface area is 184 Å². The Morgan fingerprint density at radius 3 is 1.87 bits per heavy atom. The standard InChI is InChI=1S/C25H40N2O2S/c1-15(2)18-12-20(16(3)4)23(21(13-18)17(5)6)30(28,29)27-26-22-14-19-10-11-25(22,9)24(19,7)8/h12-13,15-17,19,27H,10-11,14H2,1-9H3/b26-22-. The summed E-state index contributed by atoms with van der Waals surface area (Å²) in [5, 5.41) is 4.56. The number of hydrogen-bond donors (Lipinski definition) is 1. The highest BCUT2D eigenvalue weighted by Gasteiger charge is 2.60. The minimum absolute atomic E-state index is 0.0244. The normalized spacial score (nSPS) is 27.1.